The molecule has 0 unspecified atom stereocenters. The van der Waals surface area contributed by atoms with Crippen LogP contribution >= 0.6 is 22.7 Å². The van der Waals surface area contributed by atoms with Crippen LogP contribution in [0.3, 0.4) is 0 Å². The van der Waals surface area contributed by atoms with Gasteiger partial charge in [-0.25, -0.2) is 15.0 Å². The number of benzene rings is 8. The first-order chi connectivity index (χ1) is 27.7. The van der Waals surface area contributed by atoms with Crippen molar-refractivity contribution in [3.63, 3.8) is 0 Å². The predicted molar refractivity (Wildman–Crippen MR) is 238 cm³/mol. The van der Waals surface area contributed by atoms with E-state index in [0.29, 0.717) is 17.5 Å². The summed E-state index contributed by atoms with van der Waals surface area (Å²) in [5.74, 6) is 1.97. The summed E-state index contributed by atoms with van der Waals surface area (Å²) in [6.07, 6.45) is 0. The van der Waals surface area contributed by atoms with Crippen molar-refractivity contribution in [2.75, 3.05) is 0 Å². The van der Waals surface area contributed by atoms with E-state index in [1.165, 1.54) is 62.6 Å². The minimum Gasteiger partial charge on any atom is -0.208 e. The largest absolute Gasteiger partial charge is 0.208 e. The van der Waals surface area contributed by atoms with Gasteiger partial charge in [-0.05, 0) is 57.6 Å². The Hall–Kier alpha value is -6.79. The summed E-state index contributed by atoms with van der Waals surface area (Å²) in [4.78, 5) is 15.4. The average Bonchev–Trinajstić information content (AvgIpc) is 3.86. The highest BCUT2D eigenvalue weighted by Gasteiger charge is 2.19. The van der Waals surface area contributed by atoms with Crippen molar-refractivity contribution in [2.24, 2.45) is 0 Å². The fourth-order valence-electron chi connectivity index (χ4n) is 7.87. The summed E-state index contributed by atoms with van der Waals surface area (Å²) in [7, 11) is 0. The second kappa shape index (κ2) is 13.5. The van der Waals surface area contributed by atoms with Crippen LogP contribution in [0.25, 0.3) is 108 Å². The lowest BCUT2D eigenvalue weighted by Gasteiger charge is -2.10. The zero-order valence-electron chi connectivity index (χ0n) is 30.1. The van der Waals surface area contributed by atoms with Crippen LogP contribution in [0.15, 0.2) is 188 Å². The van der Waals surface area contributed by atoms with Gasteiger partial charge in [0.15, 0.2) is 17.5 Å². The molecule has 56 heavy (non-hydrogen) atoms. The fraction of sp³-hybridized carbons (Fsp3) is 0. The minimum absolute atomic E-state index is 0.651. The van der Waals surface area contributed by atoms with Gasteiger partial charge >= 0.3 is 0 Å². The number of rotatable bonds is 6. The monoisotopic (exact) mass is 749 g/mol. The molecule has 5 heteroatoms. The van der Waals surface area contributed by atoms with E-state index in [4.69, 9.17) is 15.0 Å². The second-order valence-corrected chi connectivity index (χ2v) is 16.0. The maximum atomic E-state index is 5.20. The van der Waals surface area contributed by atoms with Gasteiger partial charge in [0.25, 0.3) is 0 Å². The summed E-state index contributed by atoms with van der Waals surface area (Å²) in [6, 6.07) is 66.7. The first kappa shape index (κ1) is 32.6. The highest BCUT2D eigenvalue weighted by molar-refractivity contribution is 7.27. The summed E-state index contributed by atoms with van der Waals surface area (Å²) in [5.41, 5.74) is 10.2. The molecule has 0 radical (unpaired) electrons. The Kier molecular flexibility index (Phi) is 7.87. The molecule has 0 N–H and O–H groups in total. The van der Waals surface area contributed by atoms with Crippen LogP contribution in [0.4, 0.5) is 0 Å². The smallest absolute Gasteiger partial charge is 0.165 e. The Labute approximate surface area is 331 Å². The zero-order chi connectivity index (χ0) is 37.0. The lowest BCUT2D eigenvalue weighted by atomic mass is 9.94. The molecule has 0 amide bonds. The van der Waals surface area contributed by atoms with Gasteiger partial charge in [-0.1, -0.05) is 164 Å². The van der Waals surface area contributed by atoms with Crippen molar-refractivity contribution < 1.29 is 0 Å². The standard InChI is InChI=1S/C51H31N3S2/c1-4-14-32(15-5-1)35-20-12-21-37(30-35)50-52-49(34-18-8-3-9-19-34)53-51(54-50)43-24-13-23-41-40-27-26-36(31-45(40)56-47(41)43)38-28-29-39(33-16-6-2-7-17-33)48-46(38)42-22-10-11-25-44(42)55-48/h1-31H. The SMILES string of the molecule is c1ccc(-c2cccc(-c3nc(-c4ccccc4)nc(-c4cccc5c4sc4cc(-c6ccc(-c7ccccc7)c7sc8ccccc8c67)ccc45)n3)c2)cc1. The van der Waals surface area contributed by atoms with E-state index in [1.807, 2.05) is 46.9 Å². The molecule has 3 heterocycles. The molecule has 0 fully saturated rings. The normalized spacial score (nSPS) is 11.6. The summed E-state index contributed by atoms with van der Waals surface area (Å²) in [6.45, 7) is 0. The molecule has 3 nitrogen and oxygen atoms in total. The van der Waals surface area contributed by atoms with E-state index in [9.17, 15) is 0 Å². The van der Waals surface area contributed by atoms with Gasteiger partial charge in [0, 0.05) is 57.0 Å². The molecule has 0 saturated heterocycles. The lowest BCUT2D eigenvalue weighted by molar-refractivity contribution is 1.08. The quantitative estimate of drug-likeness (QED) is 0.170. The molecule has 11 rings (SSSR count). The minimum atomic E-state index is 0.651. The van der Waals surface area contributed by atoms with Gasteiger partial charge < -0.3 is 0 Å². The third kappa shape index (κ3) is 5.60. The number of aromatic nitrogens is 3. The van der Waals surface area contributed by atoms with Crippen LogP contribution in [-0.4, -0.2) is 15.0 Å². The van der Waals surface area contributed by atoms with Crippen molar-refractivity contribution in [3.8, 4) is 67.5 Å². The van der Waals surface area contributed by atoms with E-state index in [1.54, 1.807) is 0 Å². The Morgan fingerprint density at radius 1 is 0.286 bits per heavy atom. The molecular weight excluding hydrogens is 719 g/mol. The Balaban J connectivity index is 1.08. The van der Waals surface area contributed by atoms with Gasteiger partial charge in [-0.3, -0.25) is 0 Å². The Bertz CT molecular complexity index is 3240. The van der Waals surface area contributed by atoms with Crippen molar-refractivity contribution in [1.29, 1.82) is 0 Å². The van der Waals surface area contributed by atoms with Crippen LogP contribution in [0, 0.1) is 0 Å². The molecule has 0 aliphatic heterocycles. The molecule has 3 aromatic heterocycles. The van der Waals surface area contributed by atoms with Crippen molar-refractivity contribution >= 4 is 63.0 Å². The summed E-state index contributed by atoms with van der Waals surface area (Å²) < 4.78 is 5.03. The van der Waals surface area contributed by atoms with E-state index in [2.05, 4.69) is 164 Å². The molecule has 11 aromatic rings. The van der Waals surface area contributed by atoms with E-state index in [-0.39, 0.29) is 0 Å². The first-order valence-electron chi connectivity index (χ1n) is 18.7. The van der Waals surface area contributed by atoms with Gasteiger partial charge in [0.05, 0.1) is 0 Å². The van der Waals surface area contributed by atoms with Crippen LogP contribution in [0.2, 0.25) is 0 Å². The average molecular weight is 750 g/mol. The highest BCUT2D eigenvalue weighted by atomic mass is 32.1. The van der Waals surface area contributed by atoms with Gasteiger partial charge in [-0.15, -0.1) is 22.7 Å². The van der Waals surface area contributed by atoms with Crippen molar-refractivity contribution in [3.05, 3.63) is 188 Å². The molecular formula is C51H31N3S2. The van der Waals surface area contributed by atoms with Crippen molar-refractivity contribution in [1.82, 2.24) is 15.0 Å². The first-order valence-corrected chi connectivity index (χ1v) is 20.3. The molecule has 0 saturated carbocycles. The molecule has 8 aromatic carbocycles. The number of thiophene rings is 2. The zero-order valence-corrected chi connectivity index (χ0v) is 31.7. The summed E-state index contributed by atoms with van der Waals surface area (Å²) in [5, 5.41) is 5.05. The molecule has 0 atom stereocenters. The van der Waals surface area contributed by atoms with Gasteiger partial charge in [0.2, 0.25) is 0 Å². The van der Waals surface area contributed by atoms with E-state index >= 15 is 0 Å². The maximum Gasteiger partial charge on any atom is 0.165 e. The Morgan fingerprint density at radius 2 is 0.875 bits per heavy atom. The number of fused-ring (bicyclic) bond motifs is 6. The Morgan fingerprint density at radius 3 is 1.68 bits per heavy atom. The third-order valence-corrected chi connectivity index (χ3v) is 13.0. The predicted octanol–water partition coefficient (Wildman–Crippen LogP) is 14.6. The van der Waals surface area contributed by atoms with E-state index < -0.39 is 0 Å². The molecule has 0 aliphatic rings. The van der Waals surface area contributed by atoms with Crippen LogP contribution in [0.1, 0.15) is 0 Å². The highest BCUT2D eigenvalue weighted by Crippen LogP contribution is 2.47. The number of nitrogens with zero attached hydrogens (tertiary/aromatic N) is 3. The van der Waals surface area contributed by atoms with Crippen LogP contribution in [-0.2, 0) is 0 Å². The molecule has 0 bridgehead atoms. The van der Waals surface area contributed by atoms with Gasteiger partial charge in [-0.2, -0.15) is 0 Å². The lowest BCUT2D eigenvalue weighted by Crippen LogP contribution is -2.00. The number of hydrogen-bond donors (Lipinski definition) is 0. The maximum absolute atomic E-state index is 5.20. The fourth-order valence-corrected chi connectivity index (χ4v) is 10.4. The van der Waals surface area contributed by atoms with Crippen molar-refractivity contribution in [2.45, 2.75) is 0 Å². The van der Waals surface area contributed by atoms with Crippen LogP contribution in [0.5, 0.6) is 0 Å². The molecule has 262 valence electrons. The van der Waals surface area contributed by atoms with Gasteiger partial charge in [0.1, 0.15) is 0 Å². The molecule has 0 spiro atoms. The molecule has 0 aliphatic carbocycles. The van der Waals surface area contributed by atoms with E-state index in [0.717, 1.165) is 27.8 Å². The summed E-state index contributed by atoms with van der Waals surface area (Å²) >= 11 is 3.69. The third-order valence-electron chi connectivity index (χ3n) is 10.6. The van der Waals surface area contributed by atoms with Crippen LogP contribution < -0.4 is 0 Å². The number of hydrogen-bond acceptors (Lipinski definition) is 5. The second-order valence-electron chi connectivity index (χ2n) is 13.9. The topological polar surface area (TPSA) is 38.7 Å².